The topological polar surface area (TPSA) is 104 Å². The molecule has 0 amide bonds. The molecule has 0 spiro atoms. The third-order valence-electron chi connectivity index (χ3n) is 5.32. The molecule has 0 aromatic carbocycles. The summed E-state index contributed by atoms with van der Waals surface area (Å²) in [5.74, 6) is 2.29. The Morgan fingerprint density at radius 2 is 2.10 bits per heavy atom. The average molecular weight is 430 g/mol. The third-order valence-corrected chi connectivity index (χ3v) is 5.32. The van der Waals surface area contributed by atoms with Crippen molar-refractivity contribution in [3.63, 3.8) is 0 Å². The number of nitrogens with one attached hydrogen (secondary N) is 1. The van der Waals surface area contributed by atoms with Gasteiger partial charge in [-0.1, -0.05) is 0 Å². The monoisotopic (exact) mass is 430 g/mol. The molecule has 0 radical (unpaired) electrons. The highest BCUT2D eigenvalue weighted by atomic mass is 19.4. The molecule has 4 heterocycles. The summed E-state index contributed by atoms with van der Waals surface area (Å²) in [6, 6.07) is 4.12. The molecule has 0 saturated carbocycles. The summed E-state index contributed by atoms with van der Waals surface area (Å²) in [7, 11) is 0. The number of furan rings is 1. The van der Waals surface area contributed by atoms with Gasteiger partial charge in [0, 0.05) is 18.9 Å². The number of aliphatic carboxylic acids is 1. The Morgan fingerprint density at radius 3 is 2.67 bits per heavy atom. The average Bonchev–Trinajstić information content (AvgIpc) is 3.36. The molecule has 166 valence electrons. The van der Waals surface area contributed by atoms with Crippen LogP contribution < -0.4 is 0 Å². The molecule has 2 fully saturated rings. The van der Waals surface area contributed by atoms with Crippen LogP contribution in [-0.4, -0.2) is 63.1 Å². The number of carboxylic acid groups (broad SMARTS) is 1. The quantitative estimate of drug-likeness (QED) is 0.769. The largest absolute Gasteiger partial charge is 0.490 e. The number of hydrogen-bond acceptors (Lipinski definition) is 6. The molecule has 0 bridgehead atoms. The molecule has 2 aromatic rings. The Hall–Kier alpha value is -2.40. The lowest BCUT2D eigenvalue weighted by Crippen LogP contribution is -2.41. The maximum absolute atomic E-state index is 10.6. The zero-order valence-corrected chi connectivity index (χ0v) is 16.8. The summed E-state index contributed by atoms with van der Waals surface area (Å²) in [5, 5.41) is 14.3. The number of fused-ring (bicyclic) bond motifs is 1. The molecule has 2 saturated heterocycles. The first kappa shape index (κ1) is 22.3. The number of nitrogens with zero attached hydrogens (tertiary/aromatic N) is 3. The summed E-state index contributed by atoms with van der Waals surface area (Å²) in [4.78, 5) is 15.8. The highest BCUT2D eigenvalue weighted by Gasteiger charge is 2.41. The second-order valence-electron chi connectivity index (χ2n) is 7.68. The number of alkyl halides is 3. The highest BCUT2D eigenvalue weighted by molar-refractivity contribution is 5.73. The fourth-order valence-corrected chi connectivity index (χ4v) is 3.97. The molecule has 2 aromatic heterocycles. The third kappa shape index (κ3) is 5.82. The molecule has 30 heavy (non-hydrogen) atoms. The van der Waals surface area contributed by atoms with Gasteiger partial charge in [0.25, 0.3) is 0 Å². The van der Waals surface area contributed by atoms with Crippen molar-refractivity contribution in [2.45, 2.75) is 45.5 Å². The molecule has 2 aliphatic rings. The maximum Gasteiger partial charge on any atom is 0.490 e. The number of rotatable bonds is 4. The van der Waals surface area contributed by atoms with Crippen molar-refractivity contribution < 1.29 is 32.2 Å². The van der Waals surface area contributed by atoms with Crippen molar-refractivity contribution >= 4 is 5.97 Å². The minimum absolute atomic E-state index is 0.267. The van der Waals surface area contributed by atoms with Gasteiger partial charge < -0.3 is 14.3 Å². The summed E-state index contributed by atoms with van der Waals surface area (Å²) in [5.41, 5.74) is 0. The maximum atomic E-state index is 10.6. The Bertz CT molecular complexity index is 851. The van der Waals surface area contributed by atoms with Gasteiger partial charge in [0.05, 0.1) is 19.3 Å². The van der Waals surface area contributed by atoms with Crippen LogP contribution in [0, 0.1) is 25.7 Å². The molecule has 4 rings (SSSR count). The zero-order chi connectivity index (χ0) is 21.9. The number of carboxylic acids is 1. The number of aromatic amines is 1. The number of carbonyl (C=O) groups is 1. The van der Waals surface area contributed by atoms with Gasteiger partial charge in [-0.05, 0) is 44.9 Å². The SMILES string of the molecule is Cc1nc(C[C@H]2OC[C@H]3CN(Cc4ccc(C)o4)CC[C@H]32)n[nH]1.O=C(O)C(F)(F)F. The first-order chi connectivity index (χ1) is 14.1. The molecule has 8 nitrogen and oxygen atoms in total. The molecule has 3 atom stereocenters. The van der Waals surface area contributed by atoms with Crippen molar-refractivity contribution in [2.75, 3.05) is 19.7 Å². The standard InChI is InChI=1S/C17H24N4O2.C2HF3O2/c1-11-3-4-14(23-11)9-21-6-5-15-13(8-21)10-22-16(15)7-17-18-12(2)19-20-17;3-2(4,5)1(6)7/h3-4,13,15-16H,5-10H2,1-2H3,(H,18,19,20);(H,6,7)/t13-,15-,16-;/m1./s1. The fraction of sp³-hybridized carbons (Fsp3) is 0.632. The number of ether oxygens (including phenoxy) is 1. The van der Waals surface area contributed by atoms with Crippen LogP contribution in [0.3, 0.4) is 0 Å². The van der Waals surface area contributed by atoms with Crippen LogP contribution >= 0.6 is 0 Å². The molecule has 2 N–H and O–H groups in total. The van der Waals surface area contributed by atoms with Crippen molar-refractivity contribution in [1.29, 1.82) is 0 Å². The van der Waals surface area contributed by atoms with E-state index in [0.29, 0.717) is 11.8 Å². The van der Waals surface area contributed by atoms with Crippen LogP contribution in [0.5, 0.6) is 0 Å². The summed E-state index contributed by atoms with van der Waals surface area (Å²) < 4.78 is 43.5. The summed E-state index contributed by atoms with van der Waals surface area (Å²) in [6.45, 7) is 7.88. The Morgan fingerprint density at radius 1 is 1.37 bits per heavy atom. The van der Waals surface area contributed by atoms with Gasteiger partial charge in [0.1, 0.15) is 17.3 Å². The number of aryl methyl sites for hydroxylation is 2. The van der Waals surface area contributed by atoms with Gasteiger partial charge in [-0.3, -0.25) is 10.00 Å². The van der Waals surface area contributed by atoms with Crippen LogP contribution in [0.15, 0.2) is 16.5 Å². The van der Waals surface area contributed by atoms with E-state index in [0.717, 1.165) is 55.8 Å². The Kier molecular flexibility index (Phi) is 6.81. The van der Waals surface area contributed by atoms with E-state index in [1.165, 1.54) is 6.42 Å². The smallest absolute Gasteiger partial charge is 0.475 e. The van der Waals surface area contributed by atoms with Crippen molar-refractivity contribution in [3.8, 4) is 0 Å². The van der Waals surface area contributed by atoms with Gasteiger partial charge >= 0.3 is 12.1 Å². The molecular formula is C19H25F3N4O4. The van der Waals surface area contributed by atoms with E-state index in [1.54, 1.807) is 0 Å². The van der Waals surface area contributed by atoms with E-state index in [1.807, 2.05) is 19.9 Å². The van der Waals surface area contributed by atoms with E-state index in [4.69, 9.17) is 19.1 Å². The van der Waals surface area contributed by atoms with Crippen LogP contribution in [0.2, 0.25) is 0 Å². The van der Waals surface area contributed by atoms with Gasteiger partial charge in [-0.25, -0.2) is 9.78 Å². The number of likely N-dealkylation sites (tertiary alicyclic amines) is 1. The van der Waals surface area contributed by atoms with E-state index >= 15 is 0 Å². The molecule has 2 aliphatic heterocycles. The predicted octanol–water partition coefficient (Wildman–Crippen LogP) is 2.73. The van der Waals surface area contributed by atoms with Crippen LogP contribution in [-0.2, 0) is 22.5 Å². The van der Waals surface area contributed by atoms with E-state index in [9.17, 15) is 13.2 Å². The van der Waals surface area contributed by atoms with Gasteiger partial charge in [0.15, 0.2) is 5.82 Å². The summed E-state index contributed by atoms with van der Waals surface area (Å²) in [6.07, 6.45) is -2.82. The van der Waals surface area contributed by atoms with Crippen molar-refractivity contribution in [3.05, 3.63) is 35.3 Å². The second-order valence-corrected chi connectivity index (χ2v) is 7.68. The van der Waals surface area contributed by atoms with E-state index < -0.39 is 12.1 Å². The summed E-state index contributed by atoms with van der Waals surface area (Å²) >= 11 is 0. The fourth-order valence-electron chi connectivity index (χ4n) is 3.97. The first-order valence-corrected chi connectivity index (χ1v) is 9.69. The molecule has 0 aliphatic carbocycles. The van der Waals surface area contributed by atoms with E-state index in [2.05, 4.69) is 26.1 Å². The van der Waals surface area contributed by atoms with Crippen LogP contribution in [0.25, 0.3) is 0 Å². The number of aromatic nitrogens is 3. The minimum Gasteiger partial charge on any atom is -0.475 e. The van der Waals surface area contributed by atoms with Gasteiger partial charge in [-0.15, -0.1) is 0 Å². The number of H-pyrrole nitrogens is 1. The lowest BCUT2D eigenvalue weighted by molar-refractivity contribution is -0.192. The highest BCUT2D eigenvalue weighted by Crippen LogP contribution is 2.36. The van der Waals surface area contributed by atoms with Crippen LogP contribution in [0.4, 0.5) is 13.2 Å². The number of piperidine rings is 1. The Balaban J connectivity index is 0.000000318. The molecule has 0 unspecified atom stereocenters. The molecule has 11 heteroatoms. The second kappa shape index (κ2) is 9.17. The van der Waals surface area contributed by atoms with Crippen molar-refractivity contribution in [1.82, 2.24) is 20.1 Å². The van der Waals surface area contributed by atoms with Crippen molar-refractivity contribution in [2.24, 2.45) is 11.8 Å². The zero-order valence-electron chi connectivity index (χ0n) is 16.8. The first-order valence-electron chi connectivity index (χ1n) is 9.69. The normalized spacial score (nSPS) is 24.2. The lowest BCUT2D eigenvalue weighted by atomic mass is 9.83. The van der Waals surface area contributed by atoms with E-state index in [-0.39, 0.29) is 6.10 Å². The van der Waals surface area contributed by atoms with Gasteiger partial charge in [-0.2, -0.15) is 18.3 Å². The van der Waals surface area contributed by atoms with Gasteiger partial charge in [0.2, 0.25) is 0 Å². The predicted molar refractivity (Wildman–Crippen MR) is 98.6 cm³/mol. The van der Waals surface area contributed by atoms with Crippen LogP contribution in [0.1, 0.15) is 29.6 Å². The lowest BCUT2D eigenvalue weighted by Gasteiger charge is -2.35. The number of halogens is 3. The molecular weight excluding hydrogens is 405 g/mol. The number of hydrogen-bond donors (Lipinski definition) is 2. The minimum atomic E-state index is -5.08. The Labute approximate surface area is 171 Å².